The molecule has 0 saturated heterocycles. The van der Waals surface area contributed by atoms with Crippen LogP contribution in [-0.4, -0.2) is 29.7 Å². The number of ether oxygens (including phenoxy) is 2. The first-order valence-corrected chi connectivity index (χ1v) is 9.17. The number of nitrogens with one attached hydrogen (secondary N) is 1. The van der Waals surface area contributed by atoms with Crippen molar-refractivity contribution in [3.63, 3.8) is 0 Å². The van der Waals surface area contributed by atoms with Gasteiger partial charge in [0.05, 0.1) is 32.5 Å². The van der Waals surface area contributed by atoms with Gasteiger partial charge in [0, 0.05) is 35.8 Å². The van der Waals surface area contributed by atoms with Gasteiger partial charge in [0.15, 0.2) is 0 Å². The molecule has 0 bridgehead atoms. The van der Waals surface area contributed by atoms with Gasteiger partial charge in [0.2, 0.25) is 0 Å². The van der Waals surface area contributed by atoms with E-state index in [-0.39, 0.29) is 12.1 Å². The molecule has 28 heavy (non-hydrogen) atoms. The van der Waals surface area contributed by atoms with Crippen molar-refractivity contribution in [3.8, 4) is 17.2 Å². The molecule has 0 aliphatic carbocycles. The third kappa shape index (κ3) is 3.17. The first-order valence-electron chi connectivity index (χ1n) is 9.17. The molecule has 1 aliphatic rings. The Morgan fingerprint density at radius 2 is 1.75 bits per heavy atom. The number of fused-ring (bicyclic) bond motifs is 3. The Bertz CT molecular complexity index is 990. The van der Waals surface area contributed by atoms with Crippen molar-refractivity contribution in [3.05, 3.63) is 72.1 Å². The van der Waals surface area contributed by atoms with Gasteiger partial charge in [0.25, 0.3) is 0 Å². The number of anilines is 1. The topological polar surface area (TPSA) is 55.7 Å². The fourth-order valence-corrected chi connectivity index (χ4v) is 3.64. The molecule has 1 aromatic heterocycles. The number of carbonyl (C=O) groups excluding carboxylic acids is 1. The second kappa shape index (κ2) is 7.31. The SMILES string of the molecule is COc1cc(NC(=O)N2Cc3ccccc3-n3cccc3[C@@H]2C)cc(OC)c1. The summed E-state index contributed by atoms with van der Waals surface area (Å²) in [5.41, 5.74) is 3.90. The molecule has 1 atom stereocenters. The van der Waals surface area contributed by atoms with E-state index in [1.807, 2.05) is 36.2 Å². The van der Waals surface area contributed by atoms with Gasteiger partial charge in [-0.1, -0.05) is 18.2 Å². The predicted molar refractivity (Wildman–Crippen MR) is 108 cm³/mol. The number of benzene rings is 2. The summed E-state index contributed by atoms with van der Waals surface area (Å²) in [6, 6.07) is 17.3. The first kappa shape index (κ1) is 18.0. The van der Waals surface area contributed by atoms with E-state index in [1.165, 1.54) is 0 Å². The quantitative estimate of drug-likeness (QED) is 0.726. The molecular weight excluding hydrogens is 354 g/mol. The van der Waals surface area contributed by atoms with Crippen molar-refractivity contribution >= 4 is 11.7 Å². The minimum Gasteiger partial charge on any atom is -0.497 e. The summed E-state index contributed by atoms with van der Waals surface area (Å²) < 4.78 is 12.8. The monoisotopic (exact) mass is 377 g/mol. The average molecular weight is 377 g/mol. The van der Waals surface area contributed by atoms with Crippen LogP contribution in [0.15, 0.2) is 60.8 Å². The maximum Gasteiger partial charge on any atom is 0.322 e. The van der Waals surface area contributed by atoms with Crippen LogP contribution in [0.25, 0.3) is 5.69 Å². The van der Waals surface area contributed by atoms with Gasteiger partial charge in [-0.3, -0.25) is 0 Å². The summed E-state index contributed by atoms with van der Waals surface area (Å²) in [4.78, 5) is 15.0. The number of hydrogen-bond donors (Lipinski definition) is 1. The van der Waals surface area contributed by atoms with Crippen molar-refractivity contribution in [2.24, 2.45) is 0 Å². The van der Waals surface area contributed by atoms with E-state index in [2.05, 4.69) is 28.1 Å². The number of rotatable bonds is 3. The fraction of sp³-hybridized carbons (Fsp3) is 0.227. The highest BCUT2D eigenvalue weighted by atomic mass is 16.5. The van der Waals surface area contributed by atoms with Crippen LogP contribution >= 0.6 is 0 Å². The number of urea groups is 1. The lowest BCUT2D eigenvalue weighted by molar-refractivity contribution is 0.189. The Balaban J connectivity index is 1.67. The first-order chi connectivity index (χ1) is 13.6. The highest BCUT2D eigenvalue weighted by molar-refractivity contribution is 5.90. The van der Waals surface area contributed by atoms with E-state index in [0.717, 1.165) is 16.9 Å². The zero-order chi connectivity index (χ0) is 19.7. The Hall–Kier alpha value is -3.41. The van der Waals surface area contributed by atoms with Crippen LogP contribution in [0.2, 0.25) is 0 Å². The number of nitrogens with zero attached hydrogens (tertiary/aromatic N) is 2. The molecule has 0 spiro atoms. The lowest BCUT2D eigenvalue weighted by Gasteiger charge is -2.28. The molecule has 0 radical (unpaired) electrons. The number of amides is 2. The van der Waals surface area contributed by atoms with Crippen molar-refractivity contribution in [1.29, 1.82) is 0 Å². The molecule has 0 saturated carbocycles. The van der Waals surface area contributed by atoms with E-state index in [0.29, 0.717) is 23.7 Å². The summed E-state index contributed by atoms with van der Waals surface area (Å²) in [7, 11) is 3.17. The summed E-state index contributed by atoms with van der Waals surface area (Å²) in [6.07, 6.45) is 2.04. The van der Waals surface area contributed by atoms with Crippen molar-refractivity contribution in [2.75, 3.05) is 19.5 Å². The molecule has 0 fully saturated rings. The molecule has 1 aliphatic heterocycles. The van der Waals surface area contributed by atoms with Crippen LogP contribution in [0.1, 0.15) is 24.2 Å². The maximum atomic E-state index is 13.2. The molecule has 3 aromatic rings. The second-order valence-corrected chi connectivity index (χ2v) is 6.77. The van der Waals surface area contributed by atoms with Crippen LogP contribution in [0, 0.1) is 0 Å². The van der Waals surface area contributed by atoms with Gasteiger partial charge >= 0.3 is 6.03 Å². The van der Waals surface area contributed by atoms with Crippen molar-refractivity contribution < 1.29 is 14.3 Å². The van der Waals surface area contributed by atoms with Crippen LogP contribution in [0.3, 0.4) is 0 Å². The molecule has 4 rings (SSSR count). The van der Waals surface area contributed by atoms with Gasteiger partial charge in [-0.2, -0.15) is 0 Å². The number of methoxy groups -OCH3 is 2. The standard InChI is InChI=1S/C22H23N3O3/c1-15-20-9-6-10-24(20)21-8-5-4-7-16(21)14-25(15)22(26)23-17-11-18(27-2)13-19(12-17)28-3/h4-13,15H,14H2,1-3H3,(H,23,26)/t15-/m0/s1. The predicted octanol–water partition coefficient (Wildman–Crippen LogP) is 4.60. The number of para-hydroxylation sites is 1. The summed E-state index contributed by atoms with van der Waals surface area (Å²) in [5, 5.41) is 2.99. The minimum absolute atomic E-state index is 0.0881. The maximum absolute atomic E-state index is 13.2. The van der Waals surface area contributed by atoms with Crippen LogP contribution in [0.5, 0.6) is 11.5 Å². The molecule has 6 heteroatoms. The minimum atomic E-state index is -0.174. The fourth-order valence-electron chi connectivity index (χ4n) is 3.64. The number of carbonyl (C=O) groups is 1. The lowest BCUT2D eigenvalue weighted by atomic mass is 10.1. The molecule has 2 aromatic carbocycles. The smallest absolute Gasteiger partial charge is 0.322 e. The molecule has 2 heterocycles. The van der Waals surface area contributed by atoms with Crippen molar-refractivity contribution in [2.45, 2.75) is 19.5 Å². The van der Waals surface area contributed by atoms with E-state index < -0.39 is 0 Å². The zero-order valence-electron chi connectivity index (χ0n) is 16.2. The number of aromatic nitrogens is 1. The Morgan fingerprint density at radius 3 is 2.46 bits per heavy atom. The Kier molecular flexibility index (Phi) is 4.69. The number of hydrogen-bond acceptors (Lipinski definition) is 3. The second-order valence-electron chi connectivity index (χ2n) is 6.77. The zero-order valence-corrected chi connectivity index (χ0v) is 16.2. The van der Waals surface area contributed by atoms with Crippen LogP contribution < -0.4 is 14.8 Å². The third-order valence-corrected chi connectivity index (χ3v) is 5.13. The molecule has 2 amide bonds. The van der Waals surface area contributed by atoms with E-state index in [4.69, 9.17) is 9.47 Å². The Morgan fingerprint density at radius 1 is 1.04 bits per heavy atom. The van der Waals surface area contributed by atoms with Crippen LogP contribution in [0.4, 0.5) is 10.5 Å². The third-order valence-electron chi connectivity index (χ3n) is 5.13. The largest absolute Gasteiger partial charge is 0.497 e. The van der Waals surface area contributed by atoms with Gasteiger partial charge in [-0.25, -0.2) is 4.79 Å². The average Bonchev–Trinajstić information content (AvgIpc) is 3.17. The van der Waals surface area contributed by atoms with Crippen molar-refractivity contribution in [1.82, 2.24) is 9.47 Å². The Labute approximate surface area is 164 Å². The summed E-state index contributed by atoms with van der Waals surface area (Å²) >= 11 is 0. The van der Waals surface area contributed by atoms with E-state index in [1.54, 1.807) is 32.4 Å². The lowest BCUT2D eigenvalue weighted by Crippen LogP contribution is -2.36. The van der Waals surface area contributed by atoms with Gasteiger partial charge in [-0.15, -0.1) is 0 Å². The van der Waals surface area contributed by atoms with Gasteiger partial charge in [0.1, 0.15) is 11.5 Å². The summed E-state index contributed by atoms with van der Waals surface area (Å²) in [5.74, 6) is 1.25. The normalized spacial score (nSPS) is 15.2. The highest BCUT2D eigenvalue weighted by Crippen LogP contribution is 2.33. The molecular formula is C22H23N3O3. The molecule has 1 N–H and O–H groups in total. The molecule has 144 valence electrons. The van der Waals surface area contributed by atoms with Gasteiger partial charge in [-0.05, 0) is 30.7 Å². The summed E-state index contributed by atoms with van der Waals surface area (Å²) in [6.45, 7) is 2.56. The molecule has 6 nitrogen and oxygen atoms in total. The van der Waals surface area contributed by atoms with E-state index in [9.17, 15) is 4.79 Å². The van der Waals surface area contributed by atoms with E-state index >= 15 is 0 Å². The highest BCUT2D eigenvalue weighted by Gasteiger charge is 2.28. The van der Waals surface area contributed by atoms with Crippen LogP contribution in [-0.2, 0) is 6.54 Å². The molecule has 0 unspecified atom stereocenters. The van der Waals surface area contributed by atoms with Gasteiger partial charge < -0.3 is 24.3 Å².